The second-order valence-electron chi connectivity index (χ2n) is 7.60. The minimum Gasteiger partial charge on any atom is -0.370 e. The molecule has 1 heterocycles. The summed E-state index contributed by atoms with van der Waals surface area (Å²) < 4.78 is 4.82. The smallest absolute Gasteiger partial charge is 0.370 e. The van der Waals surface area contributed by atoms with Crippen molar-refractivity contribution in [3.05, 3.63) is 35.9 Å². The lowest BCUT2D eigenvalue weighted by molar-refractivity contribution is -0.153. The van der Waals surface area contributed by atoms with E-state index in [1.165, 1.54) is 5.56 Å². The van der Waals surface area contributed by atoms with Crippen molar-refractivity contribution in [3.63, 3.8) is 0 Å². The summed E-state index contributed by atoms with van der Waals surface area (Å²) in [5.74, 6) is -1.74. The van der Waals surface area contributed by atoms with Crippen LogP contribution in [-0.4, -0.2) is 35.3 Å². The number of carbonyl (C=O) groups excluding carboxylic acids is 3. The topological polar surface area (TPSA) is 63.7 Å². The van der Waals surface area contributed by atoms with E-state index in [0.29, 0.717) is 6.54 Å². The van der Waals surface area contributed by atoms with Crippen LogP contribution >= 0.6 is 0 Å². The molecule has 0 unspecified atom stereocenters. The molecule has 1 saturated heterocycles. The van der Waals surface area contributed by atoms with Gasteiger partial charge in [0.15, 0.2) is 0 Å². The quantitative estimate of drug-likeness (QED) is 0.463. The molecule has 1 atom stereocenters. The molecule has 0 saturated carbocycles. The Morgan fingerprint density at radius 1 is 1.16 bits per heavy atom. The Morgan fingerprint density at radius 2 is 1.84 bits per heavy atom. The minimum atomic E-state index is -1.06. The molecule has 1 aromatic carbocycles. The highest BCUT2D eigenvalue weighted by Crippen LogP contribution is 2.24. The largest absolute Gasteiger partial charge is 0.418 e. The molecule has 0 aromatic heterocycles. The molecule has 0 aliphatic carbocycles. The number of nitrogens with zero attached hydrogens (tertiary/aromatic N) is 1. The van der Waals surface area contributed by atoms with Crippen molar-refractivity contribution in [2.75, 3.05) is 6.54 Å². The van der Waals surface area contributed by atoms with Crippen LogP contribution in [0.25, 0.3) is 0 Å². The van der Waals surface area contributed by atoms with Crippen LogP contribution < -0.4 is 0 Å². The number of amides is 1. The molecule has 1 aliphatic heterocycles. The van der Waals surface area contributed by atoms with Crippen molar-refractivity contribution in [3.8, 4) is 0 Å². The van der Waals surface area contributed by atoms with E-state index in [9.17, 15) is 14.4 Å². The summed E-state index contributed by atoms with van der Waals surface area (Å²) in [5, 5.41) is 0. The number of benzene rings is 1. The van der Waals surface area contributed by atoms with Gasteiger partial charge in [-0.3, -0.25) is 4.79 Å². The van der Waals surface area contributed by atoms with Crippen molar-refractivity contribution in [1.29, 1.82) is 0 Å². The molecule has 2 rings (SSSR count). The number of ether oxygens (including phenoxy) is 1. The zero-order chi connectivity index (χ0) is 18.4. The zero-order valence-corrected chi connectivity index (χ0v) is 15.3. The Hall–Kier alpha value is -2.17. The first-order chi connectivity index (χ1) is 11.8. The number of rotatable bonds is 5. The Balaban J connectivity index is 1.84. The van der Waals surface area contributed by atoms with Crippen LogP contribution in [0.4, 0.5) is 4.79 Å². The lowest BCUT2D eigenvalue weighted by atomic mass is 9.91. The maximum atomic E-state index is 12.3. The second-order valence-corrected chi connectivity index (χ2v) is 7.60. The van der Waals surface area contributed by atoms with Gasteiger partial charge in [0.05, 0.1) is 0 Å². The van der Waals surface area contributed by atoms with Gasteiger partial charge in [0.2, 0.25) is 5.78 Å². The summed E-state index contributed by atoms with van der Waals surface area (Å²) in [6.07, 6.45) is 3.91. The van der Waals surface area contributed by atoms with Gasteiger partial charge in [-0.1, -0.05) is 51.1 Å². The molecule has 136 valence electrons. The monoisotopic (exact) mass is 345 g/mol. The molecule has 25 heavy (non-hydrogen) atoms. The molecular weight excluding hydrogens is 318 g/mol. The van der Waals surface area contributed by atoms with Crippen LogP contribution in [0, 0.1) is 5.41 Å². The third kappa shape index (κ3) is 5.41. The van der Waals surface area contributed by atoms with E-state index in [0.717, 1.165) is 32.1 Å². The highest BCUT2D eigenvalue weighted by atomic mass is 16.6. The summed E-state index contributed by atoms with van der Waals surface area (Å²) in [7, 11) is 0. The van der Waals surface area contributed by atoms with Gasteiger partial charge in [-0.15, -0.1) is 0 Å². The van der Waals surface area contributed by atoms with Crippen LogP contribution in [0.3, 0.4) is 0 Å². The molecule has 0 bridgehead atoms. The summed E-state index contributed by atoms with van der Waals surface area (Å²) in [4.78, 5) is 37.6. The fourth-order valence-corrected chi connectivity index (χ4v) is 3.05. The first-order valence-electron chi connectivity index (χ1n) is 8.90. The van der Waals surface area contributed by atoms with Crippen molar-refractivity contribution in [2.24, 2.45) is 5.41 Å². The summed E-state index contributed by atoms with van der Waals surface area (Å²) in [6.45, 7) is 5.46. The van der Waals surface area contributed by atoms with Gasteiger partial charge in [0.1, 0.15) is 0 Å². The fraction of sp³-hybridized carbons (Fsp3) is 0.550. The lowest BCUT2D eigenvalue weighted by Crippen LogP contribution is -2.40. The predicted molar refractivity (Wildman–Crippen MR) is 95.1 cm³/mol. The molecule has 5 nitrogen and oxygen atoms in total. The molecule has 0 spiro atoms. The minimum absolute atomic E-state index is 0.0775. The Labute approximate surface area is 149 Å². The van der Waals surface area contributed by atoms with Crippen LogP contribution in [0.2, 0.25) is 0 Å². The van der Waals surface area contributed by atoms with Crippen LogP contribution in [0.1, 0.15) is 52.0 Å². The lowest BCUT2D eigenvalue weighted by Gasteiger charge is -2.24. The number of likely N-dealkylation sites (tertiary alicyclic amines) is 1. The van der Waals surface area contributed by atoms with E-state index in [1.54, 1.807) is 25.7 Å². The van der Waals surface area contributed by atoms with Crippen LogP contribution in [-0.2, 0) is 20.7 Å². The number of esters is 1. The van der Waals surface area contributed by atoms with Gasteiger partial charge in [0.25, 0.3) is 0 Å². The highest BCUT2D eigenvalue weighted by Gasteiger charge is 2.35. The number of Topliss-reactive ketones (excluding diaryl/α,β-unsaturated/α-hetero) is 1. The number of aryl methyl sites for hydroxylation is 1. The van der Waals surface area contributed by atoms with E-state index in [1.807, 2.05) is 18.2 Å². The molecular formula is C20H27NO4. The van der Waals surface area contributed by atoms with Gasteiger partial charge in [-0.25, -0.2) is 9.59 Å². The van der Waals surface area contributed by atoms with Crippen molar-refractivity contribution < 1.29 is 19.1 Å². The number of carbonyl (C=O) groups is 3. The van der Waals surface area contributed by atoms with E-state index in [-0.39, 0.29) is 6.04 Å². The zero-order valence-electron chi connectivity index (χ0n) is 15.3. The van der Waals surface area contributed by atoms with E-state index in [2.05, 4.69) is 12.1 Å². The van der Waals surface area contributed by atoms with Gasteiger partial charge in [-0.2, -0.15) is 0 Å². The average Bonchev–Trinajstić information content (AvgIpc) is 3.03. The fourth-order valence-electron chi connectivity index (χ4n) is 3.05. The van der Waals surface area contributed by atoms with Gasteiger partial charge in [-0.05, 0) is 37.7 Å². The summed E-state index contributed by atoms with van der Waals surface area (Å²) >= 11 is 0. The number of ketones is 1. The van der Waals surface area contributed by atoms with Gasteiger partial charge >= 0.3 is 12.1 Å². The van der Waals surface area contributed by atoms with E-state index < -0.39 is 23.3 Å². The highest BCUT2D eigenvalue weighted by molar-refractivity contribution is 6.36. The first-order valence-corrected chi connectivity index (χ1v) is 8.90. The van der Waals surface area contributed by atoms with Crippen molar-refractivity contribution >= 4 is 17.8 Å². The molecule has 1 aromatic rings. The average molecular weight is 345 g/mol. The molecule has 0 radical (unpaired) electrons. The maximum absolute atomic E-state index is 12.3. The third-order valence-electron chi connectivity index (χ3n) is 4.50. The number of hydrogen-bond donors (Lipinski definition) is 0. The SMILES string of the molecule is CC(C)(C)C(=O)C(=O)OC(=O)N1CCC[C@@H]1CCCc1ccccc1. The standard InChI is InChI=1S/C20H27NO4/c1-20(2,3)17(22)18(23)25-19(24)21-14-8-13-16(21)12-7-11-15-9-5-4-6-10-15/h4-6,9-10,16H,7-8,11-14H2,1-3H3/t16-/m0/s1. The molecule has 1 fully saturated rings. The Morgan fingerprint density at radius 3 is 2.48 bits per heavy atom. The van der Waals surface area contributed by atoms with Crippen LogP contribution in [0.15, 0.2) is 30.3 Å². The molecule has 5 heteroatoms. The molecule has 1 aliphatic rings. The van der Waals surface area contributed by atoms with E-state index in [4.69, 9.17) is 4.74 Å². The molecule has 1 amide bonds. The van der Waals surface area contributed by atoms with Gasteiger partial charge in [0, 0.05) is 18.0 Å². The normalized spacial score (nSPS) is 17.4. The predicted octanol–water partition coefficient (Wildman–Crippen LogP) is 3.75. The first kappa shape index (κ1) is 19.2. The molecule has 0 N–H and O–H groups in total. The third-order valence-corrected chi connectivity index (χ3v) is 4.50. The van der Waals surface area contributed by atoms with Gasteiger partial charge < -0.3 is 9.64 Å². The van der Waals surface area contributed by atoms with Crippen molar-refractivity contribution in [2.45, 2.75) is 58.9 Å². The Kier molecular flexibility index (Phi) is 6.34. The van der Waals surface area contributed by atoms with Crippen molar-refractivity contribution in [1.82, 2.24) is 4.90 Å². The number of hydrogen-bond acceptors (Lipinski definition) is 4. The maximum Gasteiger partial charge on any atom is 0.418 e. The second kappa shape index (κ2) is 8.28. The summed E-state index contributed by atoms with van der Waals surface area (Å²) in [6, 6.07) is 10.3. The summed E-state index contributed by atoms with van der Waals surface area (Å²) in [5.41, 5.74) is 0.429. The Bertz CT molecular complexity index is 618. The van der Waals surface area contributed by atoms with Crippen LogP contribution in [0.5, 0.6) is 0 Å². The van der Waals surface area contributed by atoms with E-state index >= 15 is 0 Å².